The third kappa shape index (κ3) is 5.92. The fraction of sp³-hybridized carbons (Fsp3) is 0.174. The first-order chi connectivity index (χ1) is 13.8. The molecule has 0 saturated carbocycles. The van der Waals surface area contributed by atoms with Crippen LogP contribution >= 0.6 is 35.1 Å². The van der Waals surface area contributed by atoms with Crippen LogP contribution in [0.2, 0.25) is 10.0 Å². The molecule has 2 N–H and O–H groups in total. The highest BCUT2D eigenvalue weighted by Crippen LogP contribution is 2.35. The van der Waals surface area contributed by atoms with Crippen LogP contribution in [0.15, 0.2) is 65.6 Å². The SMILES string of the molecule is Cc1cc(C)cc(SN(CC(N)=O)c2ccc(Cl)cc2Cc2ccccc2Cl)c1. The van der Waals surface area contributed by atoms with E-state index in [1.165, 1.54) is 23.1 Å². The number of benzene rings is 3. The number of primary amides is 1. The third-order valence-electron chi connectivity index (χ3n) is 4.36. The fourth-order valence-electron chi connectivity index (χ4n) is 3.21. The van der Waals surface area contributed by atoms with Gasteiger partial charge in [0, 0.05) is 21.4 Å². The molecule has 3 aromatic carbocycles. The Morgan fingerprint density at radius 2 is 1.66 bits per heavy atom. The number of aryl methyl sites for hydroxylation is 2. The lowest BCUT2D eigenvalue weighted by atomic mass is 10.0. The summed E-state index contributed by atoms with van der Waals surface area (Å²) in [6, 6.07) is 19.7. The Hall–Kier alpha value is -2.14. The number of rotatable bonds is 7. The standard InChI is InChI=1S/C23H22Cl2N2OS/c1-15-9-16(2)11-20(10-15)29-27(14-23(26)28)22-8-7-19(24)13-18(22)12-17-5-3-4-6-21(17)25/h3-11,13H,12,14H2,1-2H3,(H2,26,28). The fourth-order valence-corrected chi connectivity index (χ4v) is 4.80. The lowest BCUT2D eigenvalue weighted by Gasteiger charge is -2.25. The van der Waals surface area contributed by atoms with Crippen molar-refractivity contribution in [2.45, 2.75) is 25.2 Å². The molecule has 0 bridgehead atoms. The minimum atomic E-state index is -0.402. The van der Waals surface area contributed by atoms with Crippen molar-refractivity contribution in [1.29, 1.82) is 0 Å². The maximum absolute atomic E-state index is 11.8. The molecule has 3 nitrogen and oxygen atoms in total. The largest absolute Gasteiger partial charge is 0.368 e. The smallest absolute Gasteiger partial charge is 0.238 e. The summed E-state index contributed by atoms with van der Waals surface area (Å²) in [5.74, 6) is -0.402. The van der Waals surface area contributed by atoms with Crippen LogP contribution in [-0.4, -0.2) is 12.5 Å². The Bertz CT molecular complexity index is 1020. The number of nitrogens with two attached hydrogens (primary N) is 1. The van der Waals surface area contributed by atoms with Crippen LogP contribution in [0.25, 0.3) is 0 Å². The molecule has 0 aliphatic heterocycles. The first-order valence-electron chi connectivity index (χ1n) is 9.16. The number of anilines is 1. The van der Waals surface area contributed by atoms with E-state index in [1.54, 1.807) is 0 Å². The Balaban J connectivity index is 2.01. The van der Waals surface area contributed by atoms with E-state index in [9.17, 15) is 4.79 Å². The van der Waals surface area contributed by atoms with Gasteiger partial charge in [-0.25, -0.2) is 0 Å². The molecule has 0 fully saturated rings. The minimum absolute atomic E-state index is 0.0782. The average Bonchev–Trinajstić information content (AvgIpc) is 2.62. The molecule has 0 atom stereocenters. The summed E-state index contributed by atoms with van der Waals surface area (Å²) in [5, 5.41) is 1.33. The van der Waals surface area contributed by atoms with Gasteiger partial charge in [-0.15, -0.1) is 0 Å². The summed E-state index contributed by atoms with van der Waals surface area (Å²) in [6.45, 7) is 4.19. The van der Waals surface area contributed by atoms with Crippen LogP contribution in [-0.2, 0) is 11.2 Å². The summed E-state index contributed by atoms with van der Waals surface area (Å²) in [6.07, 6.45) is 0.595. The number of hydrogen-bond donors (Lipinski definition) is 1. The number of amides is 1. The minimum Gasteiger partial charge on any atom is -0.368 e. The molecule has 29 heavy (non-hydrogen) atoms. The summed E-state index contributed by atoms with van der Waals surface area (Å²) in [4.78, 5) is 12.9. The average molecular weight is 445 g/mol. The predicted molar refractivity (Wildman–Crippen MR) is 124 cm³/mol. The Labute approximate surface area is 185 Å². The number of carbonyl (C=O) groups is 1. The Kier molecular flexibility index (Phi) is 7.12. The van der Waals surface area contributed by atoms with Crippen LogP contribution in [0.1, 0.15) is 22.3 Å². The van der Waals surface area contributed by atoms with Crippen LogP contribution in [0.4, 0.5) is 5.69 Å². The van der Waals surface area contributed by atoms with E-state index in [0.29, 0.717) is 16.5 Å². The second-order valence-corrected chi connectivity index (χ2v) is 8.90. The van der Waals surface area contributed by atoms with Crippen molar-refractivity contribution in [3.63, 3.8) is 0 Å². The molecule has 3 aromatic rings. The molecule has 0 spiro atoms. The summed E-state index contributed by atoms with van der Waals surface area (Å²) in [5.41, 5.74) is 10.7. The monoisotopic (exact) mass is 444 g/mol. The lowest BCUT2D eigenvalue weighted by Crippen LogP contribution is -2.29. The normalized spacial score (nSPS) is 10.8. The molecule has 3 rings (SSSR count). The zero-order valence-corrected chi connectivity index (χ0v) is 18.6. The molecule has 0 aliphatic carbocycles. The molecule has 0 aliphatic rings. The lowest BCUT2D eigenvalue weighted by molar-refractivity contribution is -0.116. The van der Waals surface area contributed by atoms with E-state index in [-0.39, 0.29) is 6.54 Å². The molecular formula is C23H22Cl2N2OS. The van der Waals surface area contributed by atoms with E-state index in [2.05, 4.69) is 32.0 Å². The highest BCUT2D eigenvalue weighted by Gasteiger charge is 2.17. The molecular weight excluding hydrogens is 423 g/mol. The van der Waals surface area contributed by atoms with Crippen molar-refractivity contribution < 1.29 is 4.79 Å². The van der Waals surface area contributed by atoms with E-state index in [1.807, 2.05) is 46.8 Å². The second kappa shape index (κ2) is 9.57. The molecule has 150 valence electrons. The maximum atomic E-state index is 11.8. The van der Waals surface area contributed by atoms with Crippen molar-refractivity contribution >= 4 is 46.7 Å². The van der Waals surface area contributed by atoms with E-state index >= 15 is 0 Å². The number of halogens is 2. The molecule has 0 radical (unpaired) electrons. The van der Waals surface area contributed by atoms with Gasteiger partial charge >= 0.3 is 0 Å². The van der Waals surface area contributed by atoms with Gasteiger partial charge in [-0.1, -0.05) is 47.5 Å². The Morgan fingerprint density at radius 1 is 0.966 bits per heavy atom. The van der Waals surface area contributed by atoms with Gasteiger partial charge in [0.25, 0.3) is 0 Å². The third-order valence-corrected chi connectivity index (χ3v) is 5.96. The van der Waals surface area contributed by atoms with Crippen LogP contribution in [0, 0.1) is 13.8 Å². The van der Waals surface area contributed by atoms with Crippen molar-refractivity contribution in [2.75, 3.05) is 10.8 Å². The van der Waals surface area contributed by atoms with Crippen molar-refractivity contribution in [3.05, 3.63) is 93.0 Å². The van der Waals surface area contributed by atoms with Gasteiger partial charge < -0.3 is 10.0 Å². The topological polar surface area (TPSA) is 46.3 Å². The summed E-state index contributed by atoms with van der Waals surface area (Å²) >= 11 is 14.1. The molecule has 0 heterocycles. The van der Waals surface area contributed by atoms with Crippen LogP contribution in [0.3, 0.4) is 0 Å². The molecule has 0 saturated heterocycles. The van der Waals surface area contributed by atoms with Gasteiger partial charge in [-0.3, -0.25) is 4.79 Å². The molecule has 1 amide bonds. The van der Waals surface area contributed by atoms with E-state index < -0.39 is 5.91 Å². The summed E-state index contributed by atoms with van der Waals surface area (Å²) < 4.78 is 1.92. The first kappa shape index (κ1) is 21.6. The molecule has 0 aromatic heterocycles. The highest BCUT2D eigenvalue weighted by atomic mass is 35.5. The van der Waals surface area contributed by atoms with Crippen LogP contribution in [0.5, 0.6) is 0 Å². The van der Waals surface area contributed by atoms with Gasteiger partial charge in [0.05, 0.1) is 5.69 Å². The summed E-state index contributed by atoms with van der Waals surface area (Å²) in [7, 11) is 0. The van der Waals surface area contributed by atoms with Gasteiger partial charge in [0.2, 0.25) is 5.91 Å². The predicted octanol–water partition coefficient (Wildman–Crippen LogP) is 6.20. The second-order valence-electron chi connectivity index (χ2n) is 6.96. The van der Waals surface area contributed by atoms with Gasteiger partial charge in [-0.05, 0) is 84.4 Å². The number of hydrogen-bond acceptors (Lipinski definition) is 3. The highest BCUT2D eigenvalue weighted by molar-refractivity contribution is 8.00. The zero-order valence-electron chi connectivity index (χ0n) is 16.3. The van der Waals surface area contributed by atoms with Crippen molar-refractivity contribution in [2.24, 2.45) is 5.73 Å². The van der Waals surface area contributed by atoms with Gasteiger partial charge in [0.1, 0.15) is 6.54 Å². The van der Waals surface area contributed by atoms with Crippen molar-refractivity contribution in [3.8, 4) is 0 Å². The molecule has 6 heteroatoms. The number of nitrogens with zero attached hydrogens (tertiary/aromatic N) is 1. The first-order valence-corrected chi connectivity index (χ1v) is 10.7. The van der Waals surface area contributed by atoms with E-state index in [0.717, 1.165) is 21.7 Å². The van der Waals surface area contributed by atoms with Gasteiger partial charge in [-0.2, -0.15) is 0 Å². The molecule has 0 unspecified atom stereocenters. The van der Waals surface area contributed by atoms with Crippen molar-refractivity contribution in [1.82, 2.24) is 0 Å². The quantitative estimate of drug-likeness (QED) is 0.441. The van der Waals surface area contributed by atoms with Crippen LogP contribution < -0.4 is 10.0 Å². The Morgan fingerprint density at radius 3 is 2.31 bits per heavy atom. The zero-order chi connectivity index (χ0) is 21.0. The maximum Gasteiger partial charge on any atom is 0.238 e. The van der Waals surface area contributed by atoms with E-state index in [4.69, 9.17) is 28.9 Å². The van der Waals surface area contributed by atoms with Gasteiger partial charge in [0.15, 0.2) is 0 Å². The number of carbonyl (C=O) groups excluding carboxylic acids is 1.